The SMILES string of the molecule is CO[C@@H]1CC[C@@H]2NCCN[C@@H]2C1. The summed E-state index contributed by atoms with van der Waals surface area (Å²) in [6, 6.07) is 1.35. The average molecular weight is 170 g/mol. The second-order valence-corrected chi connectivity index (χ2v) is 3.79. The molecule has 3 nitrogen and oxygen atoms in total. The van der Waals surface area contributed by atoms with Crippen molar-refractivity contribution in [3.8, 4) is 0 Å². The predicted molar refractivity (Wildman–Crippen MR) is 48.2 cm³/mol. The van der Waals surface area contributed by atoms with Crippen LogP contribution < -0.4 is 10.6 Å². The Morgan fingerprint density at radius 2 is 1.83 bits per heavy atom. The lowest BCUT2D eigenvalue weighted by Gasteiger charge is -2.40. The van der Waals surface area contributed by atoms with Crippen molar-refractivity contribution in [3.05, 3.63) is 0 Å². The van der Waals surface area contributed by atoms with Gasteiger partial charge in [0, 0.05) is 32.3 Å². The molecular formula is C9H18N2O. The highest BCUT2D eigenvalue weighted by Crippen LogP contribution is 2.22. The van der Waals surface area contributed by atoms with Crippen LogP contribution in [-0.4, -0.2) is 38.4 Å². The highest BCUT2D eigenvalue weighted by molar-refractivity contribution is 4.92. The summed E-state index contributed by atoms with van der Waals surface area (Å²) in [4.78, 5) is 0. The molecule has 70 valence electrons. The molecule has 3 atom stereocenters. The van der Waals surface area contributed by atoms with Gasteiger partial charge in [-0.05, 0) is 19.3 Å². The first-order chi connectivity index (χ1) is 5.90. The van der Waals surface area contributed by atoms with Crippen molar-refractivity contribution in [1.29, 1.82) is 0 Å². The van der Waals surface area contributed by atoms with Gasteiger partial charge in [0.25, 0.3) is 0 Å². The number of hydrogen-bond donors (Lipinski definition) is 2. The fourth-order valence-electron chi connectivity index (χ4n) is 2.33. The molecule has 1 saturated carbocycles. The molecule has 0 unspecified atom stereocenters. The van der Waals surface area contributed by atoms with E-state index in [4.69, 9.17) is 4.74 Å². The van der Waals surface area contributed by atoms with Gasteiger partial charge in [-0.1, -0.05) is 0 Å². The van der Waals surface area contributed by atoms with Gasteiger partial charge >= 0.3 is 0 Å². The van der Waals surface area contributed by atoms with E-state index in [0.717, 1.165) is 13.1 Å². The van der Waals surface area contributed by atoms with Crippen molar-refractivity contribution in [3.63, 3.8) is 0 Å². The molecule has 2 rings (SSSR count). The van der Waals surface area contributed by atoms with E-state index in [1.165, 1.54) is 19.3 Å². The van der Waals surface area contributed by atoms with Gasteiger partial charge in [0.1, 0.15) is 0 Å². The Bertz CT molecular complexity index is 151. The molecule has 0 aromatic rings. The van der Waals surface area contributed by atoms with Crippen molar-refractivity contribution in [2.45, 2.75) is 37.5 Å². The van der Waals surface area contributed by atoms with Crippen molar-refractivity contribution < 1.29 is 4.74 Å². The normalized spacial score (nSPS) is 42.2. The number of rotatable bonds is 1. The Kier molecular flexibility index (Phi) is 2.63. The zero-order valence-corrected chi connectivity index (χ0v) is 7.68. The number of methoxy groups -OCH3 is 1. The zero-order chi connectivity index (χ0) is 8.39. The van der Waals surface area contributed by atoms with Gasteiger partial charge in [0.05, 0.1) is 6.10 Å². The average Bonchev–Trinajstić information content (AvgIpc) is 2.17. The molecule has 1 heterocycles. The van der Waals surface area contributed by atoms with Gasteiger partial charge in [-0.15, -0.1) is 0 Å². The maximum atomic E-state index is 5.37. The molecule has 2 aliphatic rings. The summed E-state index contributed by atoms with van der Waals surface area (Å²) in [6.45, 7) is 2.23. The summed E-state index contributed by atoms with van der Waals surface area (Å²) in [7, 11) is 1.82. The maximum Gasteiger partial charge on any atom is 0.0587 e. The Morgan fingerprint density at radius 1 is 1.08 bits per heavy atom. The third-order valence-electron chi connectivity index (χ3n) is 3.07. The van der Waals surface area contributed by atoms with Crippen LogP contribution in [0.1, 0.15) is 19.3 Å². The van der Waals surface area contributed by atoms with E-state index in [-0.39, 0.29) is 0 Å². The smallest absolute Gasteiger partial charge is 0.0587 e. The second-order valence-electron chi connectivity index (χ2n) is 3.79. The number of ether oxygens (including phenoxy) is 1. The highest BCUT2D eigenvalue weighted by atomic mass is 16.5. The monoisotopic (exact) mass is 170 g/mol. The summed E-state index contributed by atoms with van der Waals surface area (Å²) in [5.41, 5.74) is 0. The van der Waals surface area contributed by atoms with Crippen LogP contribution in [-0.2, 0) is 4.74 Å². The standard InChI is InChI=1S/C9H18N2O/c1-12-7-2-3-8-9(6-7)11-5-4-10-8/h7-11H,2-6H2,1H3/t7-,8+,9-/m1/s1. The highest BCUT2D eigenvalue weighted by Gasteiger charge is 2.31. The van der Waals surface area contributed by atoms with E-state index >= 15 is 0 Å². The molecule has 0 aromatic heterocycles. The van der Waals surface area contributed by atoms with Gasteiger partial charge in [-0.25, -0.2) is 0 Å². The van der Waals surface area contributed by atoms with Gasteiger partial charge in [0.15, 0.2) is 0 Å². The first-order valence-corrected chi connectivity index (χ1v) is 4.89. The molecule has 3 heteroatoms. The van der Waals surface area contributed by atoms with Crippen LogP contribution >= 0.6 is 0 Å². The fourth-order valence-corrected chi connectivity index (χ4v) is 2.33. The lowest BCUT2D eigenvalue weighted by molar-refractivity contribution is 0.0432. The summed E-state index contributed by atoms with van der Waals surface area (Å²) >= 11 is 0. The van der Waals surface area contributed by atoms with Crippen LogP contribution in [0.5, 0.6) is 0 Å². The van der Waals surface area contributed by atoms with Crippen LogP contribution in [0, 0.1) is 0 Å². The van der Waals surface area contributed by atoms with Gasteiger partial charge in [-0.3, -0.25) is 0 Å². The quantitative estimate of drug-likeness (QED) is 0.586. The first-order valence-electron chi connectivity index (χ1n) is 4.89. The van der Waals surface area contributed by atoms with Crippen LogP contribution in [0.3, 0.4) is 0 Å². The Hall–Kier alpha value is -0.120. The van der Waals surface area contributed by atoms with Crippen LogP contribution in [0.25, 0.3) is 0 Å². The largest absolute Gasteiger partial charge is 0.381 e. The van der Waals surface area contributed by atoms with E-state index in [1.807, 2.05) is 7.11 Å². The zero-order valence-electron chi connectivity index (χ0n) is 7.68. The maximum absolute atomic E-state index is 5.37. The van der Waals surface area contributed by atoms with E-state index in [2.05, 4.69) is 10.6 Å². The van der Waals surface area contributed by atoms with Crippen molar-refractivity contribution in [1.82, 2.24) is 10.6 Å². The lowest BCUT2D eigenvalue weighted by Crippen LogP contribution is -2.59. The minimum absolute atomic E-state index is 0.485. The fraction of sp³-hybridized carbons (Fsp3) is 1.00. The molecule has 1 aliphatic carbocycles. The predicted octanol–water partition coefficient (Wildman–Crippen LogP) is 0.115. The van der Waals surface area contributed by atoms with E-state index < -0.39 is 0 Å². The second kappa shape index (κ2) is 3.73. The molecule has 0 aromatic carbocycles. The van der Waals surface area contributed by atoms with Crippen LogP contribution in [0.15, 0.2) is 0 Å². The molecule has 12 heavy (non-hydrogen) atoms. The summed E-state index contributed by atoms with van der Waals surface area (Å²) in [6.07, 6.45) is 4.13. The summed E-state index contributed by atoms with van der Waals surface area (Å²) < 4.78 is 5.37. The summed E-state index contributed by atoms with van der Waals surface area (Å²) in [5, 5.41) is 7.09. The van der Waals surface area contributed by atoms with Crippen molar-refractivity contribution in [2.75, 3.05) is 20.2 Å². The molecular weight excluding hydrogens is 152 g/mol. The van der Waals surface area contributed by atoms with Crippen molar-refractivity contribution >= 4 is 0 Å². The molecule has 1 saturated heterocycles. The number of fused-ring (bicyclic) bond motifs is 1. The van der Waals surface area contributed by atoms with Gasteiger partial charge in [-0.2, -0.15) is 0 Å². The molecule has 2 fully saturated rings. The molecule has 0 bridgehead atoms. The third kappa shape index (κ3) is 1.63. The third-order valence-corrected chi connectivity index (χ3v) is 3.07. The van der Waals surface area contributed by atoms with Crippen LogP contribution in [0.4, 0.5) is 0 Å². The van der Waals surface area contributed by atoms with E-state index in [0.29, 0.717) is 18.2 Å². The molecule has 0 radical (unpaired) electrons. The number of hydrogen-bond acceptors (Lipinski definition) is 3. The van der Waals surface area contributed by atoms with E-state index in [9.17, 15) is 0 Å². The molecule has 1 aliphatic heterocycles. The van der Waals surface area contributed by atoms with E-state index in [1.54, 1.807) is 0 Å². The first kappa shape index (κ1) is 8.48. The minimum Gasteiger partial charge on any atom is -0.381 e. The molecule has 0 spiro atoms. The van der Waals surface area contributed by atoms with Gasteiger partial charge < -0.3 is 15.4 Å². The Labute approximate surface area is 73.9 Å². The summed E-state index contributed by atoms with van der Waals surface area (Å²) in [5.74, 6) is 0. The van der Waals surface area contributed by atoms with Crippen molar-refractivity contribution in [2.24, 2.45) is 0 Å². The molecule has 0 amide bonds. The minimum atomic E-state index is 0.485. The molecule has 2 N–H and O–H groups in total. The van der Waals surface area contributed by atoms with Crippen LogP contribution in [0.2, 0.25) is 0 Å². The topological polar surface area (TPSA) is 33.3 Å². The van der Waals surface area contributed by atoms with Gasteiger partial charge in [0.2, 0.25) is 0 Å². The Balaban J connectivity index is 1.90. The number of piperazine rings is 1. The number of nitrogens with one attached hydrogen (secondary N) is 2. The lowest BCUT2D eigenvalue weighted by atomic mass is 9.87. The Morgan fingerprint density at radius 3 is 2.58 bits per heavy atom.